The molecular formula is C17H17NO4. The van der Waals surface area contributed by atoms with Crippen LogP contribution in [0.3, 0.4) is 0 Å². The molecule has 114 valence electrons. The average molecular weight is 299 g/mol. The highest BCUT2D eigenvalue weighted by molar-refractivity contribution is 5.69. The lowest BCUT2D eigenvalue weighted by molar-refractivity contribution is -0.137. The first-order valence-corrected chi connectivity index (χ1v) is 6.81. The molecule has 1 aromatic heterocycles. The van der Waals surface area contributed by atoms with Crippen LogP contribution in [-0.4, -0.2) is 29.8 Å². The van der Waals surface area contributed by atoms with Crippen LogP contribution in [0.4, 0.5) is 0 Å². The number of methoxy groups -OCH3 is 1. The van der Waals surface area contributed by atoms with E-state index in [0.717, 1.165) is 11.3 Å². The Hall–Kier alpha value is -2.82. The minimum Gasteiger partial charge on any atom is -0.493 e. The molecule has 0 atom stereocenters. The number of pyridine rings is 1. The van der Waals surface area contributed by atoms with E-state index in [1.807, 2.05) is 42.5 Å². The number of aromatic nitrogens is 1. The molecule has 1 N–H and O–H groups in total. The quantitative estimate of drug-likeness (QED) is 0.850. The predicted octanol–water partition coefficient (Wildman–Crippen LogP) is 3.11. The minimum absolute atomic E-state index is 0.0511. The minimum atomic E-state index is -0.895. The third kappa shape index (κ3) is 4.63. The van der Waals surface area contributed by atoms with E-state index < -0.39 is 5.97 Å². The van der Waals surface area contributed by atoms with E-state index in [2.05, 4.69) is 4.98 Å². The monoisotopic (exact) mass is 299 g/mol. The van der Waals surface area contributed by atoms with Gasteiger partial charge in [0.25, 0.3) is 0 Å². The average Bonchev–Trinajstić information content (AvgIpc) is 2.54. The van der Waals surface area contributed by atoms with E-state index in [4.69, 9.17) is 14.6 Å². The lowest BCUT2D eigenvalue weighted by Gasteiger charge is -2.10. The van der Waals surface area contributed by atoms with Crippen molar-refractivity contribution in [1.82, 2.24) is 4.98 Å². The Labute approximate surface area is 128 Å². The molecule has 0 fully saturated rings. The second kappa shape index (κ2) is 7.83. The zero-order valence-electron chi connectivity index (χ0n) is 12.2. The molecule has 22 heavy (non-hydrogen) atoms. The van der Waals surface area contributed by atoms with Crippen LogP contribution in [0.2, 0.25) is 0 Å². The van der Waals surface area contributed by atoms with Crippen LogP contribution in [0.1, 0.15) is 17.7 Å². The normalized spacial score (nSPS) is 10.6. The highest BCUT2D eigenvalue weighted by Gasteiger charge is 2.06. The van der Waals surface area contributed by atoms with Gasteiger partial charge in [0, 0.05) is 6.20 Å². The summed E-state index contributed by atoms with van der Waals surface area (Å²) >= 11 is 0. The van der Waals surface area contributed by atoms with Crippen molar-refractivity contribution in [2.24, 2.45) is 0 Å². The Kier molecular flexibility index (Phi) is 5.54. The van der Waals surface area contributed by atoms with Crippen molar-refractivity contribution in [1.29, 1.82) is 0 Å². The van der Waals surface area contributed by atoms with Gasteiger partial charge in [-0.3, -0.25) is 9.78 Å². The molecule has 0 saturated carbocycles. The van der Waals surface area contributed by atoms with Crippen molar-refractivity contribution in [2.75, 3.05) is 13.7 Å². The van der Waals surface area contributed by atoms with Gasteiger partial charge in [0.1, 0.15) is 0 Å². The second-order valence-electron chi connectivity index (χ2n) is 4.49. The third-order valence-electron chi connectivity index (χ3n) is 2.90. The summed E-state index contributed by atoms with van der Waals surface area (Å²) in [6.07, 6.45) is 5.51. The molecule has 2 rings (SSSR count). The molecule has 0 aliphatic rings. The standard InChI is InChI=1S/C17H17NO4/c1-21-16-12-13(5-7-14-4-2-3-10-18-14)6-8-15(16)22-11-9-17(19)20/h2-8,10,12H,9,11H2,1H3,(H,19,20)/b7-5+. The van der Waals surface area contributed by atoms with E-state index in [1.54, 1.807) is 19.4 Å². The first kappa shape index (κ1) is 15.6. The molecule has 0 aliphatic carbocycles. The Morgan fingerprint density at radius 2 is 2.09 bits per heavy atom. The van der Waals surface area contributed by atoms with Gasteiger partial charge in [-0.25, -0.2) is 0 Å². The van der Waals surface area contributed by atoms with Crippen molar-refractivity contribution >= 4 is 18.1 Å². The van der Waals surface area contributed by atoms with Crippen LogP contribution in [-0.2, 0) is 4.79 Å². The number of hydrogen-bond acceptors (Lipinski definition) is 4. The lowest BCUT2D eigenvalue weighted by atomic mass is 10.1. The van der Waals surface area contributed by atoms with Crippen LogP contribution >= 0.6 is 0 Å². The Balaban J connectivity index is 2.08. The fourth-order valence-corrected chi connectivity index (χ4v) is 1.81. The fraction of sp³-hybridized carbons (Fsp3) is 0.176. The van der Waals surface area contributed by atoms with Crippen molar-refractivity contribution in [3.63, 3.8) is 0 Å². The molecule has 0 amide bonds. The SMILES string of the molecule is COc1cc(/C=C/c2ccccn2)ccc1OCCC(=O)O. The van der Waals surface area contributed by atoms with Crippen molar-refractivity contribution in [2.45, 2.75) is 6.42 Å². The Morgan fingerprint density at radius 1 is 1.23 bits per heavy atom. The molecular weight excluding hydrogens is 282 g/mol. The van der Waals surface area contributed by atoms with Crippen LogP contribution in [0.5, 0.6) is 11.5 Å². The van der Waals surface area contributed by atoms with E-state index in [0.29, 0.717) is 11.5 Å². The molecule has 0 radical (unpaired) electrons. The van der Waals surface area contributed by atoms with Gasteiger partial charge in [0.15, 0.2) is 11.5 Å². The fourth-order valence-electron chi connectivity index (χ4n) is 1.81. The van der Waals surface area contributed by atoms with Crippen molar-refractivity contribution < 1.29 is 19.4 Å². The van der Waals surface area contributed by atoms with Gasteiger partial charge in [-0.05, 0) is 35.9 Å². The molecule has 1 heterocycles. The summed E-state index contributed by atoms with van der Waals surface area (Å²) in [5.74, 6) is 0.196. The predicted molar refractivity (Wildman–Crippen MR) is 83.9 cm³/mol. The van der Waals surface area contributed by atoms with Gasteiger partial charge in [-0.2, -0.15) is 0 Å². The number of carboxylic acids is 1. The number of aliphatic carboxylic acids is 1. The Bertz CT molecular complexity index is 653. The lowest BCUT2D eigenvalue weighted by Crippen LogP contribution is -2.05. The second-order valence-corrected chi connectivity index (χ2v) is 4.49. The number of nitrogens with zero attached hydrogens (tertiary/aromatic N) is 1. The van der Waals surface area contributed by atoms with Gasteiger partial charge in [-0.15, -0.1) is 0 Å². The van der Waals surface area contributed by atoms with Gasteiger partial charge in [0.05, 0.1) is 25.8 Å². The number of carboxylic acid groups (broad SMARTS) is 1. The summed E-state index contributed by atoms with van der Waals surface area (Å²) < 4.78 is 10.7. The molecule has 5 nitrogen and oxygen atoms in total. The smallest absolute Gasteiger partial charge is 0.306 e. The number of benzene rings is 1. The molecule has 5 heteroatoms. The molecule has 0 bridgehead atoms. The summed E-state index contributed by atoms with van der Waals surface area (Å²) in [5.41, 5.74) is 1.80. The van der Waals surface area contributed by atoms with Gasteiger partial charge in [0.2, 0.25) is 0 Å². The summed E-state index contributed by atoms with van der Waals surface area (Å²) in [4.78, 5) is 14.7. The number of ether oxygens (including phenoxy) is 2. The summed E-state index contributed by atoms with van der Waals surface area (Å²) in [7, 11) is 1.55. The first-order chi connectivity index (χ1) is 10.7. The Morgan fingerprint density at radius 3 is 2.77 bits per heavy atom. The van der Waals surface area contributed by atoms with Crippen molar-refractivity contribution in [3.8, 4) is 11.5 Å². The summed E-state index contributed by atoms with van der Waals surface area (Å²) in [6, 6.07) is 11.2. The van der Waals surface area contributed by atoms with Crippen LogP contribution in [0, 0.1) is 0 Å². The molecule has 1 aromatic carbocycles. The van der Waals surface area contributed by atoms with E-state index in [-0.39, 0.29) is 13.0 Å². The maximum absolute atomic E-state index is 10.5. The molecule has 0 unspecified atom stereocenters. The van der Waals surface area contributed by atoms with E-state index in [9.17, 15) is 4.79 Å². The number of rotatable bonds is 7. The molecule has 2 aromatic rings. The third-order valence-corrected chi connectivity index (χ3v) is 2.90. The van der Waals surface area contributed by atoms with Crippen molar-refractivity contribution in [3.05, 3.63) is 53.9 Å². The molecule has 0 aliphatic heterocycles. The van der Waals surface area contributed by atoms with Gasteiger partial charge < -0.3 is 14.6 Å². The number of hydrogen-bond donors (Lipinski definition) is 1. The first-order valence-electron chi connectivity index (χ1n) is 6.81. The highest BCUT2D eigenvalue weighted by atomic mass is 16.5. The largest absolute Gasteiger partial charge is 0.493 e. The summed E-state index contributed by atoms with van der Waals surface area (Å²) in [5, 5.41) is 8.61. The van der Waals surface area contributed by atoms with E-state index >= 15 is 0 Å². The topological polar surface area (TPSA) is 68.7 Å². The zero-order valence-corrected chi connectivity index (χ0v) is 12.2. The maximum Gasteiger partial charge on any atom is 0.306 e. The van der Waals surface area contributed by atoms with Crippen LogP contribution < -0.4 is 9.47 Å². The highest BCUT2D eigenvalue weighted by Crippen LogP contribution is 2.28. The van der Waals surface area contributed by atoms with Gasteiger partial charge >= 0.3 is 5.97 Å². The number of carbonyl (C=O) groups is 1. The summed E-state index contributed by atoms with van der Waals surface area (Å²) in [6.45, 7) is 0.106. The van der Waals surface area contributed by atoms with Gasteiger partial charge in [-0.1, -0.05) is 18.2 Å². The zero-order chi connectivity index (χ0) is 15.8. The van der Waals surface area contributed by atoms with Crippen LogP contribution in [0.15, 0.2) is 42.6 Å². The van der Waals surface area contributed by atoms with E-state index in [1.165, 1.54) is 0 Å². The molecule has 0 saturated heterocycles. The maximum atomic E-state index is 10.5. The molecule has 0 spiro atoms. The van der Waals surface area contributed by atoms with Crippen LogP contribution in [0.25, 0.3) is 12.2 Å².